The molecule has 1 aliphatic rings. The highest BCUT2D eigenvalue weighted by atomic mass is 16.5. The van der Waals surface area contributed by atoms with Gasteiger partial charge in [-0.05, 0) is 69.2 Å². The predicted molar refractivity (Wildman–Crippen MR) is 93.1 cm³/mol. The number of methoxy groups -OCH3 is 1. The first-order valence-electron chi connectivity index (χ1n) is 8.52. The first kappa shape index (κ1) is 17.8. The van der Waals surface area contributed by atoms with E-state index in [4.69, 9.17) is 9.47 Å². The van der Waals surface area contributed by atoms with Crippen molar-refractivity contribution in [3.63, 3.8) is 0 Å². The van der Waals surface area contributed by atoms with Crippen LogP contribution in [0.25, 0.3) is 0 Å². The Kier molecular flexibility index (Phi) is 5.69. The normalized spacial score (nSPS) is 24.3. The summed E-state index contributed by atoms with van der Waals surface area (Å²) in [4.78, 5) is 12.8. The average molecular weight is 319 g/mol. The standard InChI is InChI=1S/C19H29NO3/c1-6-23-17-14(3)10-16(11-15(17)4)20-18(21)19(22-5)9-7-8-13(2)12-19/h10-11,13H,6-9,12H2,1-5H3,(H,20,21)/t13-,19-/m1/s1. The van der Waals surface area contributed by atoms with Gasteiger partial charge >= 0.3 is 0 Å². The van der Waals surface area contributed by atoms with Crippen LogP contribution in [-0.4, -0.2) is 25.2 Å². The number of benzene rings is 1. The Bertz CT molecular complexity index is 547. The van der Waals surface area contributed by atoms with Crippen molar-refractivity contribution < 1.29 is 14.3 Å². The Morgan fingerprint density at radius 1 is 1.35 bits per heavy atom. The van der Waals surface area contributed by atoms with Crippen LogP contribution >= 0.6 is 0 Å². The zero-order chi connectivity index (χ0) is 17.0. The van der Waals surface area contributed by atoms with Crippen molar-refractivity contribution in [2.75, 3.05) is 19.0 Å². The van der Waals surface area contributed by atoms with Gasteiger partial charge in [0.05, 0.1) is 6.61 Å². The summed E-state index contributed by atoms with van der Waals surface area (Å²) in [5, 5.41) is 3.06. The van der Waals surface area contributed by atoms with Gasteiger partial charge < -0.3 is 14.8 Å². The monoisotopic (exact) mass is 319 g/mol. The molecule has 1 aromatic rings. The molecule has 0 aromatic heterocycles. The van der Waals surface area contributed by atoms with Crippen LogP contribution in [0.5, 0.6) is 5.75 Å². The fourth-order valence-corrected chi connectivity index (χ4v) is 3.63. The minimum Gasteiger partial charge on any atom is -0.493 e. The fourth-order valence-electron chi connectivity index (χ4n) is 3.63. The molecule has 4 nitrogen and oxygen atoms in total. The molecule has 1 fully saturated rings. The summed E-state index contributed by atoms with van der Waals surface area (Å²) in [6.07, 6.45) is 3.77. The Morgan fingerprint density at radius 3 is 2.52 bits per heavy atom. The van der Waals surface area contributed by atoms with Gasteiger partial charge in [-0.3, -0.25) is 4.79 Å². The SMILES string of the molecule is CCOc1c(C)cc(NC(=O)[C@@]2(OC)CCC[C@@H](C)C2)cc1C. The van der Waals surface area contributed by atoms with E-state index in [-0.39, 0.29) is 5.91 Å². The van der Waals surface area contributed by atoms with E-state index in [2.05, 4.69) is 12.2 Å². The van der Waals surface area contributed by atoms with E-state index in [1.807, 2.05) is 32.9 Å². The van der Waals surface area contributed by atoms with E-state index in [0.29, 0.717) is 12.5 Å². The molecular weight excluding hydrogens is 290 g/mol. The molecule has 1 amide bonds. The van der Waals surface area contributed by atoms with Crippen molar-refractivity contribution in [3.05, 3.63) is 23.3 Å². The maximum absolute atomic E-state index is 12.8. The third-order valence-corrected chi connectivity index (χ3v) is 4.77. The van der Waals surface area contributed by atoms with Gasteiger partial charge in [0.15, 0.2) is 0 Å². The van der Waals surface area contributed by atoms with E-state index in [0.717, 1.165) is 41.8 Å². The Hall–Kier alpha value is -1.55. The summed E-state index contributed by atoms with van der Waals surface area (Å²) in [5.74, 6) is 1.38. The molecule has 0 unspecified atom stereocenters. The summed E-state index contributed by atoms with van der Waals surface area (Å²) in [6.45, 7) is 8.80. The van der Waals surface area contributed by atoms with Crippen molar-refractivity contribution in [3.8, 4) is 5.75 Å². The van der Waals surface area contributed by atoms with Gasteiger partial charge in [-0.1, -0.05) is 13.3 Å². The molecule has 1 N–H and O–H groups in total. The molecule has 0 aliphatic heterocycles. The van der Waals surface area contributed by atoms with Crippen molar-refractivity contribution in [1.82, 2.24) is 0 Å². The van der Waals surface area contributed by atoms with E-state index in [1.54, 1.807) is 7.11 Å². The van der Waals surface area contributed by atoms with Crippen LogP contribution < -0.4 is 10.1 Å². The number of rotatable bonds is 5. The maximum atomic E-state index is 12.8. The molecule has 0 saturated heterocycles. The van der Waals surface area contributed by atoms with Crippen molar-refractivity contribution in [2.45, 2.75) is 59.0 Å². The number of hydrogen-bond acceptors (Lipinski definition) is 3. The predicted octanol–water partition coefficient (Wildman–Crippen LogP) is 4.24. The lowest BCUT2D eigenvalue weighted by Crippen LogP contribution is -2.47. The summed E-state index contributed by atoms with van der Waals surface area (Å²) in [5.41, 5.74) is 2.18. The molecule has 1 saturated carbocycles. The zero-order valence-corrected chi connectivity index (χ0v) is 15.0. The molecule has 128 valence electrons. The number of anilines is 1. The van der Waals surface area contributed by atoms with Crippen LogP contribution in [0.2, 0.25) is 0 Å². The second-order valence-corrected chi connectivity index (χ2v) is 6.73. The quantitative estimate of drug-likeness (QED) is 0.883. The molecule has 23 heavy (non-hydrogen) atoms. The highest BCUT2D eigenvalue weighted by Crippen LogP contribution is 2.36. The number of ether oxygens (including phenoxy) is 2. The van der Waals surface area contributed by atoms with Crippen LogP contribution in [0.15, 0.2) is 12.1 Å². The van der Waals surface area contributed by atoms with Gasteiger partial charge in [-0.2, -0.15) is 0 Å². The Morgan fingerprint density at radius 2 is 2.00 bits per heavy atom. The minimum absolute atomic E-state index is 0.0329. The molecule has 4 heteroatoms. The minimum atomic E-state index is -0.696. The number of hydrogen-bond donors (Lipinski definition) is 1. The van der Waals surface area contributed by atoms with Crippen LogP contribution in [0.1, 0.15) is 50.7 Å². The number of aryl methyl sites for hydroxylation is 2. The molecule has 0 bridgehead atoms. The topological polar surface area (TPSA) is 47.6 Å². The highest BCUT2D eigenvalue weighted by Gasteiger charge is 2.42. The second-order valence-electron chi connectivity index (χ2n) is 6.73. The summed E-state index contributed by atoms with van der Waals surface area (Å²) in [6, 6.07) is 3.93. The smallest absolute Gasteiger partial charge is 0.256 e. The number of amides is 1. The second kappa shape index (κ2) is 7.35. The highest BCUT2D eigenvalue weighted by molar-refractivity contribution is 5.97. The van der Waals surface area contributed by atoms with Crippen LogP contribution in [-0.2, 0) is 9.53 Å². The molecular formula is C19H29NO3. The van der Waals surface area contributed by atoms with Gasteiger partial charge in [0.2, 0.25) is 0 Å². The first-order chi connectivity index (χ1) is 10.9. The van der Waals surface area contributed by atoms with Gasteiger partial charge in [0.25, 0.3) is 5.91 Å². The largest absolute Gasteiger partial charge is 0.493 e. The van der Waals surface area contributed by atoms with Crippen molar-refractivity contribution in [1.29, 1.82) is 0 Å². The summed E-state index contributed by atoms with van der Waals surface area (Å²) < 4.78 is 11.3. The number of carbonyl (C=O) groups is 1. The lowest BCUT2D eigenvalue weighted by atomic mass is 9.78. The maximum Gasteiger partial charge on any atom is 0.256 e. The van der Waals surface area contributed by atoms with Crippen LogP contribution in [0.4, 0.5) is 5.69 Å². The Labute approximate surface area is 139 Å². The molecule has 2 atom stereocenters. The van der Waals surface area contributed by atoms with Crippen molar-refractivity contribution >= 4 is 11.6 Å². The molecule has 0 heterocycles. The van der Waals surface area contributed by atoms with Crippen LogP contribution in [0.3, 0.4) is 0 Å². The number of nitrogens with one attached hydrogen (secondary N) is 1. The van der Waals surface area contributed by atoms with Crippen LogP contribution in [0, 0.1) is 19.8 Å². The fraction of sp³-hybridized carbons (Fsp3) is 0.632. The zero-order valence-electron chi connectivity index (χ0n) is 15.0. The van der Waals surface area contributed by atoms with E-state index >= 15 is 0 Å². The average Bonchev–Trinajstić information content (AvgIpc) is 2.50. The summed E-state index contributed by atoms with van der Waals surface area (Å²) in [7, 11) is 1.65. The molecule has 1 aromatic carbocycles. The summed E-state index contributed by atoms with van der Waals surface area (Å²) >= 11 is 0. The lowest BCUT2D eigenvalue weighted by molar-refractivity contribution is -0.143. The van der Waals surface area contributed by atoms with Gasteiger partial charge in [-0.25, -0.2) is 0 Å². The van der Waals surface area contributed by atoms with E-state index in [1.165, 1.54) is 6.42 Å². The van der Waals surface area contributed by atoms with Gasteiger partial charge in [0, 0.05) is 12.8 Å². The van der Waals surface area contributed by atoms with Crippen molar-refractivity contribution in [2.24, 2.45) is 5.92 Å². The molecule has 0 spiro atoms. The lowest BCUT2D eigenvalue weighted by Gasteiger charge is -2.37. The Balaban J connectivity index is 2.19. The van der Waals surface area contributed by atoms with E-state index < -0.39 is 5.60 Å². The van der Waals surface area contributed by atoms with E-state index in [9.17, 15) is 4.79 Å². The third-order valence-electron chi connectivity index (χ3n) is 4.77. The third kappa shape index (κ3) is 3.86. The molecule has 1 aliphatic carbocycles. The molecule has 2 rings (SSSR count). The number of carbonyl (C=O) groups excluding carboxylic acids is 1. The van der Waals surface area contributed by atoms with Gasteiger partial charge in [-0.15, -0.1) is 0 Å². The first-order valence-corrected chi connectivity index (χ1v) is 8.52. The molecule has 0 radical (unpaired) electrons. The van der Waals surface area contributed by atoms with Gasteiger partial charge in [0.1, 0.15) is 11.4 Å².